The zero-order chi connectivity index (χ0) is 20.5. The fourth-order valence-corrected chi connectivity index (χ4v) is 5.20. The molecular weight excluding hydrogens is 433 g/mol. The lowest BCUT2D eigenvalue weighted by Crippen LogP contribution is -2.25. The molecule has 150 valence electrons. The monoisotopic (exact) mass is 455 g/mol. The molecule has 2 rings (SSSR count). The lowest BCUT2D eigenvalue weighted by atomic mass is 10.1. The number of alkyl halides is 2. The van der Waals surface area contributed by atoms with Gasteiger partial charge in [0.2, 0.25) is 0 Å². The molecule has 0 spiro atoms. The van der Waals surface area contributed by atoms with Crippen molar-refractivity contribution in [3.8, 4) is 0 Å². The molecule has 0 aromatic heterocycles. The molecular formula is C21H23Cl2NO2S2. The number of aryl methyl sites for hydroxylation is 2. The minimum atomic E-state index is -0.143. The molecule has 2 aromatic carbocycles. The second-order valence-corrected chi connectivity index (χ2v) is 9.30. The van der Waals surface area contributed by atoms with E-state index in [0.29, 0.717) is 42.3 Å². The first-order valence-electron chi connectivity index (χ1n) is 8.95. The van der Waals surface area contributed by atoms with Crippen LogP contribution in [-0.4, -0.2) is 30.0 Å². The van der Waals surface area contributed by atoms with Gasteiger partial charge in [0.05, 0.1) is 5.56 Å². The molecule has 3 nitrogen and oxygen atoms in total. The third-order valence-corrected chi connectivity index (χ3v) is 6.88. The van der Waals surface area contributed by atoms with Crippen molar-refractivity contribution >= 4 is 56.5 Å². The van der Waals surface area contributed by atoms with Crippen LogP contribution >= 0.6 is 44.8 Å². The summed E-state index contributed by atoms with van der Waals surface area (Å²) in [6.07, 6.45) is 1.09. The minimum absolute atomic E-state index is 0.0905. The number of rotatable bonds is 10. The highest BCUT2D eigenvalue weighted by atomic mass is 35.5. The molecule has 28 heavy (non-hydrogen) atoms. The Labute approximate surface area is 184 Å². The molecule has 0 unspecified atom stereocenters. The Kier molecular flexibility index (Phi) is 9.72. The molecule has 0 bridgehead atoms. The highest BCUT2D eigenvalue weighted by Crippen LogP contribution is 2.41. The van der Waals surface area contributed by atoms with Crippen LogP contribution in [0.3, 0.4) is 0 Å². The Bertz CT molecular complexity index is 843. The summed E-state index contributed by atoms with van der Waals surface area (Å²) in [5.41, 5.74) is 3.41. The van der Waals surface area contributed by atoms with Crippen molar-refractivity contribution in [2.75, 3.05) is 18.3 Å². The van der Waals surface area contributed by atoms with Crippen LogP contribution in [0, 0.1) is 13.8 Å². The van der Waals surface area contributed by atoms with Crippen LogP contribution in [0.1, 0.15) is 44.7 Å². The summed E-state index contributed by atoms with van der Waals surface area (Å²) in [6.45, 7) is 4.37. The number of amides is 1. The predicted octanol–water partition coefficient (Wildman–Crippen LogP) is 6.27. The SMILES string of the molecule is Cc1ccc(C(=O)CCCCl)c(SSc2ccc(C)cc2C(=O)NCCCl)c1. The number of benzene rings is 2. The Morgan fingerprint density at radius 2 is 1.57 bits per heavy atom. The van der Waals surface area contributed by atoms with Crippen molar-refractivity contribution < 1.29 is 9.59 Å². The van der Waals surface area contributed by atoms with Gasteiger partial charge in [0.15, 0.2) is 5.78 Å². The van der Waals surface area contributed by atoms with Crippen LogP contribution in [0.2, 0.25) is 0 Å². The molecule has 2 aromatic rings. The topological polar surface area (TPSA) is 46.2 Å². The molecule has 0 aliphatic carbocycles. The summed E-state index contributed by atoms with van der Waals surface area (Å²) < 4.78 is 0. The van der Waals surface area contributed by atoms with Gasteiger partial charge in [-0.25, -0.2) is 0 Å². The zero-order valence-electron chi connectivity index (χ0n) is 15.9. The predicted molar refractivity (Wildman–Crippen MR) is 121 cm³/mol. The summed E-state index contributed by atoms with van der Waals surface area (Å²) in [5, 5.41) is 2.82. The van der Waals surface area contributed by atoms with E-state index in [-0.39, 0.29) is 11.7 Å². The van der Waals surface area contributed by atoms with E-state index in [0.717, 1.165) is 20.9 Å². The fourth-order valence-electron chi connectivity index (χ4n) is 2.53. The van der Waals surface area contributed by atoms with Crippen LogP contribution in [0.25, 0.3) is 0 Å². The van der Waals surface area contributed by atoms with Crippen LogP contribution in [0.5, 0.6) is 0 Å². The molecule has 0 heterocycles. The van der Waals surface area contributed by atoms with E-state index in [9.17, 15) is 9.59 Å². The maximum atomic E-state index is 12.5. The van der Waals surface area contributed by atoms with Crippen molar-refractivity contribution in [3.63, 3.8) is 0 Å². The molecule has 0 saturated carbocycles. The standard InChI is InChI=1S/C21H23Cl2NO2S2/c1-14-6-8-19(17(12-14)21(26)24-11-10-23)27-28-20-13-15(2)5-7-16(20)18(25)4-3-9-22/h5-8,12-13H,3-4,9-11H2,1-2H3,(H,24,26). The molecule has 0 saturated heterocycles. The van der Waals surface area contributed by atoms with E-state index in [2.05, 4.69) is 5.32 Å². The molecule has 0 radical (unpaired) electrons. The summed E-state index contributed by atoms with van der Waals surface area (Å²) in [4.78, 5) is 26.8. The van der Waals surface area contributed by atoms with Gasteiger partial charge in [-0.05, 0) is 50.1 Å². The van der Waals surface area contributed by atoms with Gasteiger partial charge >= 0.3 is 0 Å². The van der Waals surface area contributed by atoms with Crippen LogP contribution in [0.4, 0.5) is 0 Å². The number of hydrogen-bond acceptors (Lipinski definition) is 4. The normalized spacial score (nSPS) is 10.7. The highest BCUT2D eigenvalue weighted by Gasteiger charge is 2.16. The lowest BCUT2D eigenvalue weighted by Gasteiger charge is -2.12. The molecule has 1 amide bonds. The van der Waals surface area contributed by atoms with Gasteiger partial charge in [-0.15, -0.1) is 23.2 Å². The molecule has 1 N–H and O–H groups in total. The molecule has 0 aliphatic heterocycles. The van der Waals surface area contributed by atoms with Crippen molar-refractivity contribution in [1.82, 2.24) is 5.32 Å². The number of ketones is 1. The van der Waals surface area contributed by atoms with Gasteiger partial charge in [-0.2, -0.15) is 0 Å². The second kappa shape index (κ2) is 11.8. The second-order valence-electron chi connectivity index (χ2n) is 6.33. The molecule has 7 heteroatoms. The number of halogens is 2. The van der Waals surface area contributed by atoms with Crippen molar-refractivity contribution in [1.29, 1.82) is 0 Å². The van der Waals surface area contributed by atoms with Crippen LogP contribution in [-0.2, 0) is 0 Å². The molecule has 0 fully saturated rings. The van der Waals surface area contributed by atoms with E-state index < -0.39 is 0 Å². The average molecular weight is 456 g/mol. The Morgan fingerprint density at radius 1 is 0.893 bits per heavy atom. The summed E-state index contributed by atoms with van der Waals surface area (Å²) >= 11 is 11.4. The first kappa shape index (κ1) is 23.1. The van der Waals surface area contributed by atoms with Gasteiger partial charge in [0.25, 0.3) is 5.91 Å². The number of carbonyl (C=O) groups is 2. The number of carbonyl (C=O) groups excluding carboxylic acids is 2. The Balaban J connectivity index is 2.23. The van der Waals surface area contributed by atoms with E-state index in [4.69, 9.17) is 23.2 Å². The van der Waals surface area contributed by atoms with Crippen molar-refractivity contribution in [2.24, 2.45) is 0 Å². The number of Topliss-reactive ketones (excluding diaryl/α,β-unsaturated/α-hetero) is 1. The summed E-state index contributed by atoms with van der Waals surface area (Å²) in [5.74, 6) is 0.785. The Morgan fingerprint density at radius 3 is 2.29 bits per heavy atom. The summed E-state index contributed by atoms with van der Waals surface area (Å²) in [6, 6.07) is 11.6. The third kappa shape index (κ3) is 6.73. The first-order valence-corrected chi connectivity index (χ1v) is 12.2. The molecule has 0 atom stereocenters. The van der Waals surface area contributed by atoms with Crippen molar-refractivity contribution in [3.05, 3.63) is 58.7 Å². The Hall–Kier alpha value is -1.14. The third-order valence-electron chi connectivity index (χ3n) is 3.96. The van der Waals surface area contributed by atoms with Crippen LogP contribution < -0.4 is 5.32 Å². The quantitative estimate of drug-likeness (QED) is 0.260. The van der Waals surface area contributed by atoms with E-state index >= 15 is 0 Å². The van der Waals surface area contributed by atoms with Gasteiger partial charge in [0, 0.05) is 40.1 Å². The lowest BCUT2D eigenvalue weighted by molar-refractivity contribution is 0.0950. The van der Waals surface area contributed by atoms with Crippen molar-refractivity contribution in [2.45, 2.75) is 36.5 Å². The van der Waals surface area contributed by atoms with E-state index in [1.165, 1.54) is 21.6 Å². The van der Waals surface area contributed by atoms with Gasteiger partial charge < -0.3 is 5.32 Å². The fraction of sp³-hybridized carbons (Fsp3) is 0.333. The first-order chi connectivity index (χ1) is 13.5. The largest absolute Gasteiger partial charge is 0.351 e. The van der Waals surface area contributed by atoms with E-state index in [1.54, 1.807) is 0 Å². The van der Waals surface area contributed by atoms with E-state index in [1.807, 2.05) is 50.2 Å². The zero-order valence-corrected chi connectivity index (χ0v) is 19.0. The average Bonchev–Trinajstić information content (AvgIpc) is 2.69. The number of hydrogen-bond donors (Lipinski definition) is 1. The van der Waals surface area contributed by atoms with Gasteiger partial charge in [0.1, 0.15) is 0 Å². The smallest absolute Gasteiger partial charge is 0.252 e. The summed E-state index contributed by atoms with van der Waals surface area (Å²) in [7, 11) is 2.97. The number of nitrogens with one attached hydrogen (secondary N) is 1. The maximum Gasteiger partial charge on any atom is 0.252 e. The van der Waals surface area contributed by atoms with Gasteiger partial charge in [-0.3, -0.25) is 9.59 Å². The van der Waals surface area contributed by atoms with Gasteiger partial charge in [-0.1, -0.05) is 39.3 Å². The highest BCUT2D eigenvalue weighted by molar-refractivity contribution is 8.76. The molecule has 0 aliphatic rings. The van der Waals surface area contributed by atoms with Crippen LogP contribution in [0.15, 0.2) is 46.2 Å². The maximum absolute atomic E-state index is 12.5. The minimum Gasteiger partial charge on any atom is -0.351 e.